The summed E-state index contributed by atoms with van der Waals surface area (Å²) in [4.78, 5) is 0. The number of hydrogen-bond donors (Lipinski definition) is 2. The van der Waals surface area contributed by atoms with Gasteiger partial charge in [0.2, 0.25) is 0 Å². The van der Waals surface area contributed by atoms with E-state index in [1.165, 1.54) is 88.8 Å². The molecule has 1 aromatic rings. The van der Waals surface area contributed by atoms with E-state index < -0.39 is 10.4 Å². The summed E-state index contributed by atoms with van der Waals surface area (Å²) in [6.07, 6.45) is 17.3. The van der Waals surface area contributed by atoms with Crippen molar-refractivity contribution in [1.82, 2.24) is 0 Å². The molecule has 0 aliphatic rings. The first-order chi connectivity index (χ1) is 12.9. The normalized spacial score (nSPS) is 11.6. The summed E-state index contributed by atoms with van der Waals surface area (Å²) in [6.45, 7) is 2.25. The van der Waals surface area contributed by atoms with Crippen LogP contribution in [0.1, 0.15) is 96.0 Å². The highest BCUT2D eigenvalue weighted by Gasteiger charge is 2.09. The minimum Gasteiger partial charge on any atom is -0.508 e. The third kappa shape index (κ3) is 12.7. The van der Waals surface area contributed by atoms with E-state index in [-0.39, 0.29) is 11.5 Å². The van der Waals surface area contributed by atoms with Crippen molar-refractivity contribution in [2.45, 2.75) is 96.8 Å². The summed E-state index contributed by atoms with van der Waals surface area (Å²) in [5.74, 6) is 0.136. The molecule has 1 rings (SSSR count). The number of unbranched alkanes of at least 4 members (excludes halogenated alkanes) is 12. The molecule has 6 heteroatoms. The van der Waals surface area contributed by atoms with Gasteiger partial charge in [-0.2, -0.15) is 8.42 Å². The van der Waals surface area contributed by atoms with Crippen LogP contribution in [-0.2, 0) is 16.8 Å². The van der Waals surface area contributed by atoms with Crippen molar-refractivity contribution in [2.24, 2.45) is 0 Å². The third-order valence-corrected chi connectivity index (χ3v) is 5.21. The Balaban J connectivity index is 2.07. The van der Waals surface area contributed by atoms with Crippen molar-refractivity contribution in [3.63, 3.8) is 0 Å². The SMILES string of the molecule is CCCCCCCCCCCCCCCc1cc(OS(=O)(=O)O)ccc1O. The van der Waals surface area contributed by atoms with Crippen LogP contribution in [0.25, 0.3) is 0 Å². The average Bonchev–Trinajstić information content (AvgIpc) is 2.60. The van der Waals surface area contributed by atoms with Crippen LogP contribution in [0.15, 0.2) is 18.2 Å². The molecular weight excluding hydrogens is 364 g/mol. The number of aromatic hydroxyl groups is 1. The predicted molar refractivity (Wildman–Crippen MR) is 110 cm³/mol. The minimum atomic E-state index is -4.54. The molecule has 0 aliphatic heterocycles. The second-order valence-corrected chi connectivity index (χ2v) is 8.32. The third-order valence-electron chi connectivity index (χ3n) is 4.80. The minimum absolute atomic E-state index is 0.0139. The van der Waals surface area contributed by atoms with Crippen LogP contribution in [-0.4, -0.2) is 18.1 Å². The van der Waals surface area contributed by atoms with Gasteiger partial charge in [-0.1, -0.05) is 84.0 Å². The maximum Gasteiger partial charge on any atom is 0.446 e. The van der Waals surface area contributed by atoms with E-state index in [1.807, 2.05) is 0 Å². The molecule has 0 fully saturated rings. The summed E-state index contributed by atoms with van der Waals surface area (Å²) >= 11 is 0. The zero-order valence-corrected chi connectivity index (χ0v) is 17.5. The Morgan fingerprint density at radius 3 is 1.78 bits per heavy atom. The second-order valence-electron chi connectivity index (χ2n) is 7.29. The van der Waals surface area contributed by atoms with E-state index in [9.17, 15) is 13.5 Å². The van der Waals surface area contributed by atoms with Crippen molar-refractivity contribution in [3.05, 3.63) is 23.8 Å². The molecule has 156 valence electrons. The van der Waals surface area contributed by atoms with Crippen LogP contribution >= 0.6 is 0 Å². The summed E-state index contributed by atoms with van der Waals surface area (Å²) in [7, 11) is -4.54. The molecule has 0 atom stereocenters. The fourth-order valence-electron chi connectivity index (χ4n) is 3.27. The molecule has 0 bridgehead atoms. The molecule has 0 heterocycles. The van der Waals surface area contributed by atoms with Gasteiger partial charge in [-0.3, -0.25) is 4.55 Å². The van der Waals surface area contributed by atoms with Crippen LogP contribution in [0.3, 0.4) is 0 Å². The van der Waals surface area contributed by atoms with Crippen molar-refractivity contribution in [3.8, 4) is 11.5 Å². The highest BCUT2D eigenvalue weighted by Crippen LogP contribution is 2.25. The van der Waals surface area contributed by atoms with Gasteiger partial charge >= 0.3 is 10.4 Å². The number of rotatable bonds is 16. The van der Waals surface area contributed by atoms with Crippen molar-refractivity contribution in [1.29, 1.82) is 0 Å². The van der Waals surface area contributed by atoms with Gasteiger partial charge in [0.1, 0.15) is 11.5 Å². The fourth-order valence-corrected chi connectivity index (χ4v) is 3.62. The summed E-state index contributed by atoms with van der Waals surface area (Å²) in [5, 5.41) is 9.86. The Bertz CT molecular complexity index is 613. The van der Waals surface area contributed by atoms with E-state index in [1.54, 1.807) is 0 Å². The standard InChI is InChI=1S/C21H36O5S/c1-2-3-4-5-6-7-8-9-10-11-12-13-14-15-19-18-20(16-17-21(19)22)26-27(23,24)25/h16-18,22H,2-15H2,1H3,(H,23,24,25). The van der Waals surface area contributed by atoms with Crippen LogP contribution in [0.5, 0.6) is 11.5 Å². The van der Waals surface area contributed by atoms with E-state index >= 15 is 0 Å². The zero-order chi connectivity index (χ0) is 20.0. The maximum atomic E-state index is 10.8. The van der Waals surface area contributed by atoms with E-state index in [0.717, 1.165) is 12.8 Å². The average molecular weight is 401 g/mol. The lowest BCUT2D eigenvalue weighted by molar-refractivity contribution is 0.385. The highest BCUT2D eigenvalue weighted by atomic mass is 32.3. The Kier molecular flexibility index (Phi) is 12.2. The van der Waals surface area contributed by atoms with Gasteiger partial charge in [0.15, 0.2) is 0 Å². The lowest BCUT2D eigenvalue weighted by Crippen LogP contribution is -2.06. The predicted octanol–water partition coefficient (Wildman–Crippen LogP) is 6.21. The zero-order valence-electron chi connectivity index (χ0n) is 16.7. The monoisotopic (exact) mass is 400 g/mol. The molecule has 2 N–H and O–H groups in total. The summed E-state index contributed by atoms with van der Waals surface area (Å²) in [5.41, 5.74) is 0.638. The van der Waals surface area contributed by atoms with E-state index in [0.29, 0.717) is 12.0 Å². The van der Waals surface area contributed by atoms with E-state index in [4.69, 9.17) is 4.55 Å². The highest BCUT2D eigenvalue weighted by molar-refractivity contribution is 7.81. The van der Waals surface area contributed by atoms with Crippen molar-refractivity contribution in [2.75, 3.05) is 0 Å². The largest absolute Gasteiger partial charge is 0.508 e. The van der Waals surface area contributed by atoms with Crippen molar-refractivity contribution >= 4 is 10.4 Å². The van der Waals surface area contributed by atoms with Gasteiger partial charge in [-0.15, -0.1) is 0 Å². The molecule has 0 saturated heterocycles. The van der Waals surface area contributed by atoms with Gasteiger partial charge in [0.25, 0.3) is 0 Å². The first-order valence-electron chi connectivity index (χ1n) is 10.4. The molecule has 5 nitrogen and oxygen atoms in total. The second kappa shape index (κ2) is 13.8. The van der Waals surface area contributed by atoms with Gasteiger partial charge in [-0.25, -0.2) is 0 Å². The van der Waals surface area contributed by atoms with Crippen LogP contribution in [0.4, 0.5) is 0 Å². The first-order valence-corrected chi connectivity index (χ1v) is 11.8. The Morgan fingerprint density at radius 1 is 0.815 bits per heavy atom. The quantitative estimate of drug-likeness (QED) is 0.255. The number of benzene rings is 1. The molecule has 0 spiro atoms. The van der Waals surface area contributed by atoms with Gasteiger partial charge < -0.3 is 9.29 Å². The van der Waals surface area contributed by atoms with Crippen LogP contribution in [0.2, 0.25) is 0 Å². The maximum absolute atomic E-state index is 10.8. The van der Waals surface area contributed by atoms with Gasteiger partial charge in [-0.05, 0) is 36.6 Å². The molecule has 0 saturated carbocycles. The topological polar surface area (TPSA) is 83.8 Å². The molecule has 27 heavy (non-hydrogen) atoms. The number of phenols is 1. The molecule has 0 unspecified atom stereocenters. The molecular formula is C21H36O5S. The Labute approximate surface area is 165 Å². The van der Waals surface area contributed by atoms with Crippen LogP contribution in [0, 0.1) is 0 Å². The number of phenolic OH excluding ortho intramolecular Hbond substituents is 1. The Morgan fingerprint density at radius 2 is 1.30 bits per heavy atom. The van der Waals surface area contributed by atoms with Gasteiger partial charge in [0, 0.05) is 0 Å². The smallest absolute Gasteiger partial charge is 0.446 e. The number of aryl methyl sites for hydroxylation is 1. The van der Waals surface area contributed by atoms with Crippen LogP contribution < -0.4 is 4.18 Å². The summed E-state index contributed by atoms with van der Waals surface area (Å²) in [6, 6.07) is 4.16. The lowest BCUT2D eigenvalue weighted by Gasteiger charge is -2.08. The summed E-state index contributed by atoms with van der Waals surface area (Å²) < 4.78 is 34.7. The lowest BCUT2D eigenvalue weighted by atomic mass is 10.0. The van der Waals surface area contributed by atoms with Crippen molar-refractivity contribution < 1.29 is 22.3 Å². The fraction of sp³-hybridized carbons (Fsp3) is 0.714. The number of hydrogen-bond acceptors (Lipinski definition) is 4. The first kappa shape index (κ1) is 23.8. The molecule has 1 aromatic carbocycles. The van der Waals surface area contributed by atoms with E-state index in [2.05, 4.69) is 11.1 Å². The molecule has 0 aromatic heterocycles. The molecule has 0 amide bonds. The molecule has 0 aliphatic carbocycles. The van der Waals surface area contributed by atoms with Gasteiger partial charge in [0.05, 0.1) is 0 Å². The Hall–Kier alpha value is -1.27. The molecule has 0 radical (unpaired) electrons.